The van der Waals surface area contributed by atoms with Crippen molar-refractivity contribution in [2.45, 2.75) is 50.5 Å². The van der Waals surface area contributed by atoms with E-state index in [1.165, 1.54) is 9.21 Å². The van der Waals surface area contributed by atoms with Gasteiger partial charge in [-0.05, 0) is 39.5 Å². The lowest BCUT2D eigenvalue weighted by Crippen LogP contribution is -2.49. The normalized spacial score (nSPS) is 24.8. The molecule has 3 rings (SSSR count). The molecule has 0 aliphatic carbocycles. The highest BCUT2D eigenvalue weighted by atomic mass is 32.2. The molecule has 2 aliphatic rings. The summed E-state index contributed by atoms with van der Waals surface area (Å²) in [6.07, 6.45) is 2.24. The number of likely N-dealkylation sites (tertiary alicyclic amines) is 1. The average Bonchev–Trinajstić information content (AvgIpc) is 3.21. The molecule has 1 aromatic heterocycles. The third kappa shape index (κ3) is 3.23. The molecular weight excluding hydrogens is 360 g/mol. The molecule has 2 aliphatic heterocycles. The Morgan fingerprint density at radius 3 is 2.50 bits per heavy atom. The number of rotatable bonds is 4. The molecule has 3 heterocycles. The number of nitrogens with zero attached hydrogens (tertiary/aromatic N) is 3. The van der Waals surface area contributed by atoms with Crippen LogP contribution in [0.5, 0.6) is 0 Å². The Kier molecular flexibility index (Phi) is 5.07. The Morgan fingerprint density at radius 1 is 1.19 bits per heavy atom. The first-order chi connectivity index (χ1) is 12.2. The lowest BCUT2D eigenvalue weighted by atomic mass is 9.97. The number of amides is 1. The van der Waals surface area contributed by atoms with Crippen LogP contribution in [0.2, 0.25) is 0 Å². The summed E-state index contributed by atoms with van der Waals surface area (Å²) in [7, 11) is -3.75. The second-order valence-electron chi connectivity index (χ2n) is 6.99. The minimum absolute atomic E-state index is 0.0774. The van der Waals surface area contributed by atoms with E-state index >= 15 is 0 Å². The van der Waals surface area contributed by atoms with E-state index in [1.54, 1.807) is 13.8 Å². The fourth-order valence-corrected chi connectivity index (χ4v) is 5.79. The summed E-state index contributed by atoms with van der Waals surface area (Å²) in [5.74, 6) is -1.76. The number of H-pyrrole nitrogens is 1. The van der Waals surface area contributed by atoms with Gasteiger partial charge in [0.1, 0.15) is 10.9 Å². The average molecular weight is 384 g/mol. The molecule has 0 saturated carbocycles. The van der Waals surface area contributed by atoms with Gasteiger partial charge >= 0.3 is 5.97 Å². The van der Waals surface area contributed by atoms with Crippen LogP contribution in [0, 0.1) is 19.8 Å². The number of hydrogen-bond donors (Lipinski definition) is 2. The summed E-state index contributed by atoms with van der Waals surface area (Å²) in [5, 5.41) is 15.9. The molecule has 1 amide bonds. The van der Waals surface area contributed by atoms with Gasteiger partial charge in [0.2, 0.25) is 15.9 Å². The first kappa shape index (κ1) is 18.8. The standard InChI is InChI=1S/C16H24N4O5S/c1-10-14(11(2)18-17-10)26(24,25)19-7-3-5-12(9-19)15(21)20-8-4-6-13(20)16(22)23/h12-13H,3-9H2,1-2H3,(H,17,18)(H,22,23). The van der Waals surface area contributed by atoms with Crippen molar-refractivity contribution in [3.05, 3.63) is 11.4 Å². The first-order valence-electron chi connectivity index (χ1n) is 8.78. The van der Waals surface area contributed by atoms with Crippen LogP contribution in [0.25, 0.3) is 0 Å². The number of aryl methyl sites for hydroxylation is 2. The number of carbonyl (C=O) groups is 2. The Morgan fingerprint density at radius 2 is 1.88 bits per heavy atom. The zero-order valence-corrected chi connectivity index (χ0v) is 15.8. The number of aromatic nitrogens is 2. The van der Waals surface area contributed by atoms with Crippen molar-refractivity contribution in [3.63, 3.8) is 0 Å². The van der Waals surface area contributed by atoms with Crippen LogP contribution < -0.4 is 0 Å². The van der Waals surface area contributed by atoms with E-state index in [9.17, 15) is 23.1 Å². The molecule has 0 spiro atoms. The minimum Gasteiger partial charge on any atom is -0.480 e. The van der Waals surface area contributed by atoms with Crippen LogP contribution in [-0.4, -0.2) is 70.5 Å². The van der Waals surface area contributed by atoms with Crippen LogP contribution in [-0.2, 0) is 19.6 Å². The van der Waals surface area contributed by atoms with E-state index in [0.29, 0.717) is 50.2 Å². The Hall–Kier alpha value is -1.94. The Bertz CT molecular complexity index is 799. The molecule has 9 nitrogen and oxygen atoms in total. The van der Waals surface area contributed by atoms with E-state index in [4.69, 9.17) is 0 Å². The van der Waals surface area contributed by atoms with Gasteiger partial charge in [-0.15, -0.1) is 0 Å². The van der Waals surface area contributed by atoms with Gasteiger partial charge < -0.3 is 10.0 Å². The predicted octanol–water partition coefficient (Wildman–Crippen LogP) is 0.503. The van der Waals surface area contributed by atoms with E-state index < -0.39 is 28.0 Å². The van der Waals surface area contributed by atoms with E-state index in [0.717, 1.165) is 0 Å². The van der Waals surface area contributed by atoms with Crippen LogP contribution in [0.4, 0.5) is 0 Å². The van der Waals surface area contributed by atoms with Crippen molar-refractivity contribution in [1.82, 2.24) is 19.4 Å². The Labute approximate surface area is 152 Å². The van der Waals surface area contributed by atoms with Crippen LogP contribution in [0.1, 0.15) is 37.1 Å². The number of carbonyl (C=O) groups excluding carboxylic acids is 1. The second-order valence-corrected chi connectivity index (χ2v) is 8.87. The summed E-state index contributed by atoms with van der Waals surface area (Å²) in [4.78, 5) is 25.7. The van der Waals surface area contributed by atoms with Gasteiger partial charge in [0.25, 0.3) is 0 Å². The molecule has 2 saturated heterocycles. The summed E-state index contributed by atoms with van der Waals surface area (Å²) in [6, 6.07) is -0.798. The number of sulfonamides is 1. The number of piperidine rings is 1. The van der Waals surface area contributed by atoms with Crippen LogP contribution in [0.15, 0.2) is 4.90 Å². The highest BCUT2D eigenvalue weighted by Gasteiger charge is 2.41. The zero-order chi connectivity index (χ0) is 19.1. The predicted molar refractivity (Wildman–Crippen MR) is 91.9 cm³/mol. The number of nitrogens with one attached hydrogen (secondary N) is 1. The lowest BCUT2D eigenvalue weighted by Gasteiger charge is -2.34. The van der Waals surface area contributed by atoms with Crippen molar-refractivity contribution in [3.8, 4) is 0 Å². The molecule has 2 atom stereocenters. The van der Waals surface area contributed by atoms with Crippen molar-refractivity contribution < 1.29 is 23.1 Å². The van der Waals surface area contributed by atoms with E-state index in [-0.39, 0.29) is 17.3 Å². The van der Waals surface area contributed by atoms with Gasteiger partial charge in [-0.2, -0.15) is 9.40 Å². The molecule has 0 aromatic carbocycles. The van der Waals surface area contributed by atoms with E-state index in [2.05, 4.69) is 10.2 Å². The molecule has 0 radical (unpaired) electrons. The molecule has 26 heavy (non-hydrogen) atoms. The molecule has 1 aromatic rings. The van der Waals surface area contributed by atoms with Gasteiger partial charge in [-0.3, -0.25) is 9.89 Å². The highest BCUT2D eigenvalue weighted by Crippen LogP contribution is 2.29. The number of hydrogen-bond acceptors (Lipinski definition) is 5. The van der Waals surface area contributed by atoms with Gasteiger partial charge in [0, 0.05) is 19.6 Å². The zero-order valence-electron chi connectivity index (χ0n) is 14.9. The molecule has 2 N–H and O–H groups in total. The monoisotopic (exact) mass is 384 g/mol. The summed E-state index contributed by atoms with van der Waals surface area (Å²) >= 11 is 0. The molecule has 10 heteroatoms. The van der Waals surface area contributed by atoms with Crippen LogP contribution in [0.3, 0.4) is 0 Å². The van der Waals surface area contributed by atoms with Gasteiger partial charge in [0.15, 0.2) is 0 Å². The van der Waals surface area contributed by atoms with Crippen molar-refractivity contribution >= 4 is 21.9 Å². The van der Waals surface area contributed by atoms with Crippen molar-refractivity contribution in [1.29, 1.82) is 0 Å². The van der Waals surface area contributed by atoms with Gasteiger partial charge in [0.05, 0.1) is 17.3 Å². The van der Waals surface area contributed by atoms with Gasteiger partial charge in [-0.1, -0.05) is 0 Å². The summed E-state index contributed by atoms with van der Waals surface area (Å²) in [5.41, 5.74) is 0.878. The molecule has 0 bridgehead atoms. The third-order valence-corrected chi connectivity index (χ3v) is 7.34. The molecular formula is C16H24N4O5S. The SMILES string of the molecule is Cc1n[nH]c(C)c1S(=O)(=O)N1CCCC(C(=O)N2CCCC2C(=O)O)C1. The van der Waals surface area contributed by atoms with Crippen molar-refractivity contribution in [2.24, 2.45) is 5.92 Å². The number of carboxylic acids is 1. The summed E-state index contributed by atoms with van der Waals surface area (Å²) in [6.45, 7) is 4.12. The molecule has 2 fully saturated rings. The fraction of sp³-hybridized carbons (Fsp3) is 0.688. The summed E-state index contributed by atoms with van der Waals surface area (Å²) < 4.78 is 27.3. The smallest absolute Gasteiger partial charge is 0.326 e. The maximum absolute atomic E-state index is 13.0. The quantitative estimate of drug-likeness (QED) is 0.779. The topological polar surface area (TPSA) is 124 Å². The number of carboxylic acid groups (broad SMARTS) is 1. The third-order valence-electron chi connectivity index (χ3n) is 5.21. The number of aromatic amines is 1. The maximum atomic E-state index is 13.0. The second kappa shape index (κ2) is 6.99. The van der Waals surface area contributed by atoms with Crippen LogP contribution >= 0.6 is 0 Å². The number of aliphatic carboxylic acids is 1. The fourth-order valence-electron chi connectivity index (χ4n) is 3.93. The lowest BCUT2D eigenvalue weighted by molar-refractivity contribution is -0.150. The largest absolute Gasteiger partial charge is 0.480 e. The maximum Gasteiger partial charge on any atom is 0.326 e. The van der Waals surface area contributed by atoms with Gasteiger partial charge in [-0.25, -0.2) is 13.2 Å². The molecule has 144 valence electrons. The van der Waals surface area contributed by atoms with E-state index in [1.807, 2.05) is 0 Å². The Balaban J connectivity index is 1.79. The first-order valence-corrected chi connectivity index (χ1v) is 10.2. The molecule has 2 unspecified atom stereocenters. The van der Waals surface area contributed by atoms with Crippen molar-refractivity contribution in [2.75, 3.05) is 19.6 Å². The minimum atomic E-state index is -3.75. The highest BCUT2D eigenvalue weighted by molar-refractivity contribution is 7.89.